The molecule has 0 fully saturated rings. The van der Waals surface area contributed by atoms with Crippen LogP contribution in [0.3, 0.4) is 0 Å². The van der Waals surface area contributed by atoms with Crippen LogP contribution in [-0.4, -0.2) is 0 Å². The third-order valence-corrected chi connectivity index (χ3v) is 1.69. The summed E-state index contributed by atoms with van der Waals surface area (Å²) in [6, 6.07) is 19.7. The fraction of sp³-hybridized carbons (Fsp3) is 0. The van der Waals surface area contributed by atoms with Crippen molar-refractivity contribution in [2.75, 3.05) is 0 Å². The number of benzene rings is 2. The fourth-order valence-corrected chi connectivity index (χ4v) is 0.956. The zero-order chi connectivity index (χ0) is 10.2. The Morgan fingerprint density at radius 2 is 0.800 bits per heavy atom. The van der Waals surface area contributed by atoms with Crippen LogP contribution in [0.5, 0.6) is 0 Å². The summed E-state index contributed by atoms with van der Waals surface area (Å²) in [6.07, 6.45) is 0. The fourth-order valence-electron chi connectivity index (χ4n) is 0.956. The van der Waals surface area contributed by atoms with Crippen LogP contribution in [0.2, 0.25) is 0 Å². The number of hydrogen-bond donors (Lipinski definition) is 0. The maximum atomic E-state index is 3.72. The van der Waals surface area contributed by atoms with E-state index in [1.807, 2.05) is 60.7 Å². The van der Waals surface area contributed by atoms with Gasteiger partial charge in [0.05, 0.1) is 0 Å². The molecule has 0 atom stereocenters. The molecule has 0 bridgehead atoms. The molecule has 78 valence electrons. The zero-order valence-electron chi connectivity index (χ0n) is 8.54. The van der Waals surface area contributed by atoms with Crippen molar-refractivity contribution in [3.63, 3.8) is 0 Å². The first-order valence-electron chi connectivity index (χ1n) is 4.53. The van der Waals surface area contributed by atoms with Gasteiger partial charge in [-0.25, -0.2) is 0 Å². The molecule has 0 unspecified atom stereocenters. The summed E-state index contributed by atoms with van der Waals surface area (Å²) in [5, 5.41) is 0. The van der Waals surface area contributed by atoms with Crippen LogP contribution in [0, 0.1) is 13.8 Å². The van der Waals surface area contributed by atoms with E-state index in [1.54, 1.807) is 0 Å². The van der Waals surface area contributed by atoms with Gasteiger partial charge in [-0.3, -0.25) is 0 Å². The molecule has 2 aromatic carbocycles. The van der Waals surface area contributed by atoms with Crippen LogP contribution in [-0.2, 0) is 17.1 Å². The Bertz CT molecular complexity index is 303. The van der Waals surface area contributed by atoms with Gasteiger partial charge in [-0.05, 0) is 0 Å². The van der Waals surface area contributed by atoms with E-state index in [0.717, 1.165) is 11.1 Å². The summed E-state index contributed by atoms with van der Waals surface area (Å²) in [5.41, 5.74) is 2.14. The standard InChI is InChI=1S/2C7H7.Fe/c2*1-7-5-3-2-4-6-7;/h2*2-6H,1H2;/q2*-1;+2. The van der Waals surface area contributed by atoms with E-state index in [9.17, 15) is 0 Å². The van der Waals surface area contributed by atoms with Crippen molar-refractivity contribution in [1.82, 2.24) is 0 Å². The maximum Gasteiger partial charge on any atom is 2.00 e. The SMILES string of the molecule is [CH2-]c1ccccc1.[CH2-]c1ccccc1.[Fe+2]. The van der Waals surface area contributed by atoms with Gasteiger partial charge in [-0.2, -0.15) is 49.2 Å². The van der Waals surface area contributed by atoms with Gasteiger partial charge in [-0.15, -0.1) is 24.3 Å². The summed E-state index contributed by atoms with van der Waals surface area (Å²) in [5.74, 6) is 0. The minimum Gasteiger partial charge on any atom is -0.199 e. The van der Waals surface area contributed by atoms with Gasteiger partial charge in [0, 0.05) is 0 Å². The second-order valence-electron chi connectivity index (χ2n) is 2.97. The number of rotatable bonds is 0. The molecule has 15 heavy (non-hydrogen) atoms. The first kappa shape index (κ1) is 13.7. The Labute approximate surface area is 103 Å². The molecule has 2 aromatic rings. The zero-order valence-corrected chi connectivity index (χ0v) is 9.65. The van der Waals surface area contributed by atoms with Crippen molar-refractivity contribution >= 4 is 0 Å². The van der Waals surface area contributed by atoms with Crippen molar-refractivity contribution in [3.8, 4) is 0 Å². The van der Waals surface area contributed by atoms with E-state index in [2.05, 4.69) is 13.8 Å². The molecule has 0 saturated heterocycles. The van der Waals surface area contributed by atoms with E-state index in [-0.39, 0.29) is 17.1 Å². The summed E-state index contributed by atoms with van der Waals surface area (Å²) in [4.78, 5) is 0. The van der Waals surface area contributed by atoms with Gasteiger partial charge < -0.3 is 0 Å². The smallest absolute Gasteiger partial charge is 0.199 e. The maximum absolute atomic E-state index is 3.72. The molecular formula is C14H14Fe. The average Bonchev–Trinajstić information content (AvgIpc) is 2.21. The molecule has 0 heterocycles. The topological polar surface area (TPSA) is 0 Å². The molecule has 0 aliphatic carbocycles. The molecular weight excluding hydrogens is 224 g/mol. The van der Waals surface area contributed by atoms with Gasteiger partial charge in [0.2, 0.25) is 0 Å². The minimum absolute atomic E-state index is 0. The predicted octanol–water partition coefficient (Wildman–Crippen LogP) is 3.74. The first-order valence-corrected chi connectivity index (χ1v) is 4.53. The van der Waals surface area contributed by atoms with Gasteiger partial charge in [0.25, 0.3) is 0 Å². The normalized spacial score (nSPS) is 8.00. The molecule has 1 heteroatoms. The number of hydrogen-bond acceptors (Lipinski definition) is 0. The van der Waals surface area contributed by atoms with Crippen LogP contribution in [0.1, 0.15) is 11.1 Å². The van der Waals surface area contributed by atoms with Crippen LogP contribution < -0.4 is 0 Å². The summed E-state index contributed by atoms with van der Waals surface area (Å²) < 4.78 is 0. The molecule has 0 radical (unpaired) electrons. The summed E-state index contributed by atoms with van der Waals surface area (Å²) in [6.45, 7) is 7.44. The predicted molar refractivity (Wildman–Crippen MR) is 61.8 cm³/mol. The van der Waals surface area contributed by atoms with Crippen LogP contribution >= 0.6 is 0 Å². The molecule has 0 spiro atoms. The van der Waals surface area contributed by atoms with Crippen molar-refractivity contribution in [2.24, 2.45) is 0 Å². The van der Waals surface area contributed by atoms with Crippen molar-refractivity contribution < 1.29 is 17.1 Å². The van der Waals surface area contributed by atoms with E-state index in [1.165, 1.54) is 0 Å². The molecule has 0 aliphatic heterocycles. The quantitative estimate of drug-likeness (QED) is 0.484. The van der Waals surface area contributed by atoms with Crippen LogP contribution in [0.4, 0.5) is 0 Å². The van der Waals surface area contributed by atoms with Crippen molar-refractivity contribution in [1.29, 1.82) is 0 Å². The molecule has 0 aromatic heterocycles. The third-order valence-electron chi connectivity index (χ3n) is 1.69. The van der Waals surface area contributed by atoms with E-state index in [4.69, 9.17) is 0 Å². The minimum atomic E-state index is 0. The molecule has 0 N–H and O–H groups in total. The Balaban J connectivity index is 0.000000245. The Morgan fingerprint density at radius 3 is 0.933 bits per heavy atom. The van der Waals surface area contributed by atoms with Gasteiger partial charge in [0.1, 0.15) is 0 Å². The first-order chi connectivity index (χ1) is 6.79. The van der Waals surface area contributed by atoms with E-state index in [0.29, 0.717) is 0 Å². The second-order valence-corrected chi connectivity index (χ2v) is 2.97. The van der Waals surface area contributed by atoms with Gasteiger partial charge in [-0.1, -0.05) is 12.1 Å². The Hall–Kier alpha value is -1.30. The van der Waals surface area contributed by atoms with Crippen molar-refractivity contribution in [2.45, 2.75) is 0 Å². The molecule has 0 nitrogen and oxygen atoms in total. The Morgan fingerprint density at radius 1 is 0.533 bits per heavy atom. The molecule has 2 rings (SSSR count). The van der Waals surface area contributed by atoms with Crippen LogP contribution in [0.15, 0.2) is 60.7 Å². The van der Waals surface area contributed by atoms with Gasteiger partial charge >= 0.3 is 17.1 Å². The summed E-state index contributed by atoms with van der Waals surface area (Å²) >= 11 is 0. The largest absolute Gasteiger partial charge is 2.00 e. The summed E-state index contributed by atoms with van der Waals surface area (Å²) in [7, 11) is 0. The van der Waals surface area contributed by atoms with E-state index < -0.39 is 0 Å². The molecule has 0 amide bonds. The Kier molecular flexibility index (Phi) is 7.35. The van der Waals surface area contributed by atoms with Crippen molar-refractivity contribution in [3.05, 3.63) is 85.6 Å². The average molecular weight is 238 g/mol. The van der Waals surface area contributed by atoms with Crippen LogP contribution in [0.25, 0.3) is 0 Å². The molecule has 0 aliphatic rings. The van der Waals surface area contributed by atoms with Gasteiger partial charge in [0.15, 0.2) is 0 Å². The monoisotopic (exact) mass is 238 g/mol. The second kappa shape index (κ2) is 8.04. The third kappa shape index (κ3) is 6.73. The molecule has 0 saturated carbocycles. The van der Waals surface area contributed by atoms with E-state index >= 15 is 0 Å².